The summed E-state index contributed by atoms with van der Waals surface area (Å²) < 4.78 is 20.3. The van der Waals surface area contributed by atoms with E-state index in [9.17, 15) is 9.18 Å². The molecule has 7 nitrogen and oxygen atoms in total. The van der Waals surface area contributed by atoms with Crippen molar-refractivity contribution in [3.8, 4) is 0 Å². The van der Waals surface area contributed by atoms with Gasteiger partial charge in [0, 0.05) is 5.70 Å². The number of benzene rings is 2. The normalized spacial score (nSPS) is 15.0. The molecule has 1 aliphatic heterocycles. The number of rotatable bonds is 4. The van der Waals surface area contributed by atoms with Gasteiger partial charge in [0.2, 0.25) is 5.95 Å². The summed E-state index contributed by atoms with van der Waals surface area (Å²) in [6.45, 7) is 2.03. The van der Waals surface area contributed by atoms with Crippen LogP contribution < -0.4 is 10.6 Å². The number of nitrogens with zero attached hydrogens (tertiary/aromatic N) is 3. The van der Waals surface area contributed by atoms with Crippen molar-refractivity contribution in [1.82, 2.24) is 14.8 Å². The summed E-state index contributed by atoms with van der Waals surface area (Å²) in [6, 6.07) is 17.2. The lowest BCUT2D eigenvalue weighted by molar-refractivity contribution is 0.0995. The van der Waals surface area contributed by atoms with E-state index >= 15 is 0 Å². The largest absolute Gasteiger partial charge is 0.459 e. The number of nitrogens with one attached hydrogen (secondary N) is 2. The summed E-state index contributed by atoms with van der Waals surface area (Å²) in [4.78, 5) is 16.8. The molecule has 0 bridgehead atoms. The third kappa shape index (κ3) is 3.71. The van der Waals surface area contributed by atoms with Crippen molar-refractivity contribution in [2.24, 2.45) is 0 Å². The molecule has 1 amide bonds. The molecule has 8 heteroatoms. The first-order chi connectivity index (χ1) is 15.1. The van der Waals surface area contributed by atoms with Gasteiger partial charge in [-0.1, -0.05) is 42.0 Å². The Morgan fingerprint density at radius 1 is 1.13 bits per heavy atom. The van der Waals surface area contributed by atoms with Gasteiger partial charge in [-0.2, -0.15) is 4.98 Å². The maximum Gasteiger partial charge on any atom is 0.293 e. The van der Waals surface area contributed by atoms with Crippen molar-refractivity contribution in [3.63, 3.8) is 0 Å². The molecule has 1 atom stereocenters. The van der Waals surface area contributed by atoms with E-state index in [1.807, 2.05) is 37.3 Å². The number of furan rings is 1. The number of hydrogen-bond acceptors (Lipinski definition) is 5. The van der Waals surface area contributed by atoms with Crippen LogP contribution in [-0.4, -0.2) is 20.7 Å². The summed E-state index contributed by atoms with van der Waals surface area (Å²) in [6.07, 6.45) is 3.42. The van der Waals surface area contributed by atoms with Crippen LogP contribution in [0.5, 0.6) is 0 Å². The van der Waals surface area contributed by atoms with Gasteiger partial charge in [-0.05, 0) is 48.4 Å². The minimum atomic E-state index is -0.446. The van der Waals surface area contributed by atoms with E-state index in [4.69, 9.17) is 4.42 Å². The fourth-order valence-electron chi connectivity index (χ4n) is 3.42. The number of anilines is 2. The van der Waals surface area contributed by atoms with Gasteiger partial charge in [0.15, 0.2) is 5.76 Å². The lowest BCUT2D eigenvalue weighted by atomic mass is 10.0. The number of carbonyl (C=O) groups is 1. The smallest absolute Gasteiger partial charge is 0.293 e. The number of fused-ring (bicyclic) bond motifs is 1. The second-order valence-electron chi connectivity index (χ2n) is 7.20. The Labute approximate surface area is 177 Å². The molecule has 2 aromatic heterocycles. The van der Waals surface area contributed by atoms with Crippen LogP contribution in [0.1, 0.15) is 33.3 Å². The van der Waals surface area contributed by atoms with Crippen LogP contribution >= 0.6 is 0 Å². The van der Waals surface area contributed by atoms with Crippen molar-refractivity contribution >= 4 is 23.5 Å². The summed E-state index contributed by atoms with van der Waals surface area (Å²) in [5.74, 6) is -0.00497. The van der Waals surface area contributed by atoms with Gasteiger partial charge in [-0.25, -0.2) is 9.07 Å². The maximum absolute atomic E-state index is 13.5. The van der Waals surface area contributed by atoms with E-state index in [0.29, 0.717) is 5.95 Å². The van der Waals surface area contributed by atoms with E-state index in [2.05, 4.69) is 20.7 Å². The van der Waals surface area contributed by atoms with Crippen LogP contribution in [0.4, 0.5) is 16.3 Å². The topological polar surface area (TPSA) is 85.0 Å². The highest BCUT2D eigenvalue weighted by molar-refractivity contribution is 6.01. The zero-order chi connectivity index (χ0) is 21.4. The predicted octanol–water partition coefficient (Wildman–Crippen LogP) is 4.63. The highest BCUT2D eigenvalue weighted by atomic mass is 19.1. The van der Waals surface area contributed by atoms with Crippen LogP contribution in [0.3, 0.4) is 0 Å². The van der Waals surface area contributed by atoms with Gasteiger partial charge < -0.3 is 9.73 Å². The van der Waals surface area contributed by atoms with Gasteiger partial charge in [-0.3, -0.25) is 10.1 Å². The average Bonchev–Trinajstić information content (AvgIpc) is 3.44. The first kappa shape index (κ1) is 18.8. The molecule has 31 heavy (non-hydrogen) atoms. The minimum absolute atomic E-state index is 0.134. The Bertz CT molecular complexity index is 1260. The lowest BCUT2D eigenvalue weighted by Gasteiger charge is -2.24. The molecular formula is C23H18FN5O2. The van der Waals surface area contributed by atoms with Gasteiger partial charge in [-0.15, -0.1) is 5.10 Å². The molecule has 154 valence electrons. The highest BCUT2D eigenvalue weighted by Crippen LogP contribution is 2.33. The SMILES string of the molecule is Cc1ccc(C2=C[C@H](c3ccc(F)cc3)n3nc(NC(=O)c4ccco4)nc3N2)cc1. The van der Waals surface area contributed by atoms with Crippen molar-refractivity contribution < 1.29 is 13.6 Å². The molecule has 1 aliphatic rings. The first-order valence-electron chi connectivity index (χ1n) is 9.69. The molecule has 0 radical (unpaired) electrons. The fraction of sp³-hybridized carbons (Fsp3) is 0.0870. The zero-order valence-electron chi connectivity index (χ0n) is 16.5. The van der Waals surface area contributed by atoms with E-state index < -0.39 is 5.91 Å². The van der Waals surface area contributed by atoms with Gasteiger partial charge >= 0.3 is 0 Å². The second-order valence-corrected chi connectivity index (χ2v) is 7.20. The number of aromatic nitrogens is 3. The molecule has 0 fully saturated rings. The van der Waals surface area contributed by atoms with Gasteiger partial charge in [0.1, 0.15) is 11.9 Å². The van der Waals surface area contributed by atoms with Crippen molar-refractivity contribution in [2.45, 2.75) is 13.0 Å². The summed E-state index contributed by atoms with van der Waals surface area (Å²) in [5, 5.41) is 10.4. The third-order valence-electron chi connectivity index (χ3n) is 5.01. The molecule has 0 unspecified atom stereocenters. The van der Waals surface area contributed by atoms with Gasteiger partial charge in [0.05, 0.1) is 6.26 Å². The maximum atomic E-state index is 13.5. The Morgan fingerprint density at radius 3 is 2.61 bits per heavy atom. The number of amides is 1. The molecular weight excluding hydrogens is 397 g/mol. The molecule has 0 spiro atoms. The van der Waals surface area contributed by atoms with Crippen LogP contribution in [0.2, 0.25) is 0 Å². The van der Waals surface area contributed by atoms with Crippen molar-refractivity contribution in [3.05, 3.63) is 101 Å². The quantitative estimate of drug-likeness (QED) is 0.508. The molecule has 5 rings (SSSR count). The summed E-state index contributed by atoms with van der Waals surface area (Å²) in [5.41, 5.74) is 3.81. The second kappa shape index (κ2) is 7.56. The fourth-order valence-corrected chi connectivity index (χ4v) is 3.42. The predicted molar refractivity (Wildman–Crippen MR) is 114 cm³/mol. The molecule has 0 saturated carbocycles. The molecule has 3 heterocycles. The Morgan fingerprint density at radius 2 is 1.90 bits per heavy atom. The van der Waals surface area contributed by atoms with Crippen LogP contribution in [-0.2, 0) is 0 Å². The lowest BCUT2D eigenvalue weighted by Crippen LogP contribution is -2.20. The minimum Gasteiger partial charge on any atom is -0.459 e. The first-order valence-corrected chi connectivity index (χ1v) is 9.69. The van der Waals surface area contributed by atoms with Crippen LogP contribution in [0.25, 0.3) is 5.70 Å². The van der Waals surface area contributed by atoms with Crippen LogP contribution in [0.15, 0.2) is 77.4 Å². The highest BCUT2D eigenvalue weighted by Gasteiger charge is 2.26. The monoisotopic (exact) mass is 415 g/mol. The molecule has 0 saturated heterocycles. The third-order valence-corrected chi connectivity index (χ3v) is 5.01. The van der Waals surface area contributed by atoms with Gasteiger partial charge in [0.25, 0.3) is 11.9 Å². The molecule has 0 aliphatic carbocycles. The Hall–Kier alpha value is -4.20. The average molecular weight is 415 g/mol. The van der Waals surface area contributed by atoms with E-state index in [0.717, 1.165) is 22.4 Å². The van der Waals surface area contributed by atoms with E-state index in [-0.39, 0.29) is 23.6 Å². The number of hydrogen-bond donors (Lipinski definition) is 2. The molecule has 4 aromatic rings. The van der Waals surface area contributed by atoms with Crippen molar-refractivity contribution in [2.75, 3.05) is 10.6 Å². The Balaban J connectivity index is 1.53. The standard InChI is InChI=1S/C23H18FN5O2/c1-14-4-6-15(7-5-14)18-13-19(16-8-10-17(24)11-9-16)29-23(25-18)27-22(28-29)26-21(30)20-3-2-12-31-20/h2-13,19H,1H3,(H2,25,26,27,28,30)/t19-/m1/s1. The Kier molecular flexibility index (Phi) is 4.59. The number of carbonyl (C=O) groups excluding carboxylic acids is 1. The number of halogens is 1. The zero-order valence-corrected chi connectivity index (χ0v) is 16.5. The number of aryl methyl sites for hydroxylation is 1. The van der Waals surface area contributed by atoms with E-state index in [1.165, 1.54) is 18.4 Å². The molecule has 2 N–H and O–H groups in total. The van der Waals surface area contributed by atoms with Crippen LogP contribution in [0, 0.1) is 12.7 Å². The summed E-state index contributed by atoms with van der Waals surface area (Å²) in [7, 11) is 0. The number of allylic oxidation sites excluding steroid dienone is 1. The molecule has 2 aromatic carbocycles. The van der Waals surface area contributed by atoms with E-state index in [1.54, 1.807) is 28.9 Å². The van der Waals surface area contributed by atoms with Crippen molar-refractivity contribution in [1.29, 1.82) is 0 Å². The summed E-state index contributed by atoms with van der Waals surface area (Å²) >= 11 is 0.